The number of carbonyl (C=O) groups excluding carboxylic acids is 2. The summed E-state index contributed by atoms with van der Waals surface area (Å²) in [6.07, 6.45) is 1.94. The van der Waals surface area contributed by atoms with Gasteiger partial charge < -0.3 is 19.9 Å². The Kier molecular flexibility index (Phi) is 7.70. The highest BCUT2D eigenvalue weighted by atomic mass is 19.1. The van der Waals surface area contributed by atoms with Crippen LogP contribution in [-0.2, 0) is 18.0 Å². The summed E-state index contributed by atoms with van der Waals surface area (Å²) in [6.45, 7) is 0.449. The van der Waals surface area contributed by atoms with Gasteiger partial charge in [0.05, 0.1) is 18.6 Å². The van der Waals surface area contributed by atoms with Gasteiger partial charge >= 0.3 is 0 Å². The second-order valence-corrected chi connectivity index (χ2v) is 11.5. The fraction of sp³-hybridized carbons (Fsp3) is 0.387. The van der Waals surface area contributed by atoms with E-state index in [1.807, 2.05) is 0 Å². The van der Waals surface area contributed by atoms with Crippen molar-refractivity contribution in [2.75, 3.05) is 13.2 Å². The van der Waals surface area contributed by atoms with Gasteiger partial charge in [0.1, 0.15) is 41.9 Å². The number of alkyl halides is 1. The lowest BCUT2D eigenvalue weighted by atomic mass is 9.83. The van der Waals surface area contributed by atoms with Gasteiger partial charge in [0.15, 0.2) is 11.4 Å². The van der Waals surface area contributed by atoms with E-state index in [1.165, 1.54) is 20.7 Å². The summed E-state index contributed by atoms with van der Waals surface area (Å²) in [5, 5.41) is 1.39. The number of nitrogens with zero attached hydrogens (tertiary/aromatic N) is 3. The van der Waals surface area contributed by atoms with E-state index in [-0.39, 0.29) is 43.8 Å². The van der Waals surface area contributed by atoms with Crippen LogP contribution in [0.3, 0.4) is 0 Å². The van der Waals surface area contributed by atoms with Crippen LogP contribution in [-0.4, -0.2) is 57.2 Å². The average Bonchev–Trinajstić information content (AvgIpc) is 3.23. The summed E-state index contributed by atoms with van der Waals surface area (Å²) in [4.78, 5) is 47.7. The van der Waals surface area contributed by atoms with Crippen LogP contribution in [0.5, 0.6) is 5.75 Å². The highest BCUT2D eigenvalue weighted by molar-refractivity contribution is 5.99. The molecule has 3 aliphatic heterocycles. The molecule has 2 saturated heterocycles. The molecule has 232 valence electrons. The zero-order valence-corrected chi connectivity index (χ0v) is 23.8. The van der Waals surface area contributed by atoms with E-state index in [4.69, 9.17) is 15.3 Å². The van der Waals surface area contributed by atoms with Gasteiger partial charge in [-0.15, -0.1) is 0 Å². The molecule has 2 amide bonds. The number of aromatic nitrogens is 1. The maximum atomic E-state index is 14.6. The molecular formula is C31H30F4N4O5. The zero-order valence-electron chi connectivity index (χ0n) is 23.8. The van der Waals surface area contributed by atoms with Crippen LogP contribution in [0.1, 0.15) is 64.2 Å². The number of primary amides is 1. The Morgan fingerprint density at radius 3 is 2.50 bits per heavy atom. The first-order chi connectivity index (χ1) is 21.0. The van der Waals surface area contributed by atoms with E-state index in [2.05, 4.69) is 0 Å². The first kappa shape index (κ1) is 29.8. The molecule has 3 aromatic rings. The van der Waals surface area contributed by atoms with Gasteiger partial charge in [-0.1, -0.05) is 30.3 Å². The Morgan fingerprint density at radius 2 is 1.84 bits per heavy atom. The number of ether oxygens (including phenoxy) is 1. The number of pyridine rings is 1. The standard InChI is InChI=1S/C31H30F4N4O5/c1-17-11-31(44-39(17)14-21-23(34)9-19(33)10-24(21)35)8-7-20(12-32)37-15-25(31)38-13-22(29(36)41)27(40)28(26(38)30(37)42)43-16-18-5-3-2-4-6-18/h2-6,9-10,13,17,20,25H,7-8,11-12,14-16H2,1H3,(H2,36,41)/t17?,20-,25-,31+/m1/s1. The number of hydroxylamine groups is 2. The maximum Gasteiger partial charge on any atom is 0.274 e. The Balaban J connectivity index is 1.45. The second-order valence-electron chi connectivity index (χ2n) is 11.5. The minimum absolute atomic E-state index is 0.0283. The summed E-state index contributed by atoms with van der Waals surface area (Å²) in [5.74, 6) is -5.25. The largest absolute Gasteiger partial charge is 0.483 e. The Bertz CT molecular complexity index is 1660. The Morgan fingerprint density at radius 1 is 1.14 bits per heavy atom. The third-order valence-corrected chi connectivity index (χ3v) is 8.83. The number of nitrogens with two attached hydrogens (primary N) is 1. The van der Waals surface area contributed by atoms with Crippen LogP contribution in [0.15, 0.2) is 53.5 Å². The van der Waals surface area contributed by atoms with Gasteiger partial charge in [-0.25, -0.2) is 17.6 Å². The third kappa shape index (κ3) is 5.03. The van der Waals surface area contributed by atoms with Crippen molar-refractivity contribution in [2.45, 2.75) is 63.1 Å². The number of fused-ring (bicyclic) bond motifs is 5. The first-order valence-corrected chi connectivity index (χ1v) is 14.2. The fourth-order valence-corrected chi connectivity index (χ4v) is 6.60. The number of rotatable bonds is 7. The Hall–Kier alpha value is -4.23. The molecule has 0 aliphatic carbocycles. The number of benzene rings is 2. The minimum Gasteiger partial charge on any atom is -0.483 e. The lowest BCUT2D eigenvalue weighted by molar-refractivity contribution is -0.226. The van der Waals surface area contributed by atoms with Crippen LogP contribution in [0.25, 0.3) is 0 Å². The van der Waals surface area contributed by atoms with Gasteiger partial charge in [-0.3, -0.25) is 19.2 Å². The summed E-state index contributed by atoms with van der Waals surface area (Å²) in [7, 11) is 0. The number of halogens is 4. The predicted molar refractivity (Wildman–Crippen MR) is 149 cm³/mol. The molecule has 2 aromatic carbocycles. The van der Waals surface area contributed by atoms with E-state index < -0.39 is 76.4 Å². The second kappa shape index (κ2) is 11.4. The molecule has 3 aliphatic rings. The summed E-state index contributed by atoms with van der Waals surface area (Å²) >= 11 is 0. The van der Waals surface area contributed by atoms with Crippen LogP contribution < -0.4 is 15.9 Å². The normalized spacial score (nSPS) is 24.8. The molecule has 2 N–H and O–H groups in total. The minimum atomic E-state index is -1.15. The molecule has 9 nitrogen and oxygen atoms in total. The van der Waals surface area contributed by atoms with Crippen molar-refractivity contribution in [1.82, 2.24) is 14.5 Å². The van der Waals surface area contributed by atoms with Gasteiger partial charge in [-0.05, 0) is 31.7 Å². The zero-order chi connectivity index (χ0) is 31.3. The van der Waals surface area contributed by atoms with Crippen LogP contribution in [0.2, 0.25) is 0 Å². The van der Waals surface area contributed by atoms with Gasteiger partial charge in [0.2, 0.25) is 5.43 Å². The maximum absolute atomic E-state index is 14.6. The van der Waals surface area contributed by atoms with Gasteiger partial charge in [0, 0.05) is 36.5 Å². The van der Waals surface area contributed by atoms with Crippen molar-refractivity contribution in [3.63, 3.8) is 0 Å². The molecule has 13 heteroatoms. The smallest absolute Gasteiger partial charge is 0.274 e. The molecule has 4 heterocycles. The van der Waals surface area contributed by atoms with E-state index in [1.54, 1.807) is 37.3 Å². The highest BCUT2D eigenvalue weighted by Crippen LogP contribution is 2.49. The topological polar surface area (TPSA) is 107 Å². The van der Waals surface area contributed by atoms with Gasteiger partial charge in [0.25, 0.3) is 11.8 Å². The molecular weight excluding hydrogens is 584 g/mol. The van der Waals surface area contributed by atoms with E-state index in [0.29, 0.717) is 24.1 Å². The molecule has 1 aromatic heterocycles. The van der Waals surface area contributed by atoms with E-state index in [9.17, 15) is 31.9 Å². The fourth-order valence-electron chi connectivity index (χ4n) is 6.60. The third-order valence-electron chi connectivity index (χ3n) is 8.83. The molecule has 44 heavy (non-hydrogen) atoms. The molecule has 1 spiro atoms. The van der Waals surface area contributed by atoms with Crippen LogP contribution >= 0.6 is 0 Å². The first-order valence-electron chi connectivity index (χ1n) is 14.2. The molecule has 0 saturated carbocycles. The monoisotopic (exact) mass is 614 g/mol. The summed E-state index contributed by atoms with van der Waals surface area (Å²) in [5.41, 5.74) is 3.30. The predicted octanol–water partition coefficient (Wildman–Crippen LogP) is 4.04. The highest BCUT2D eigenvalue weighted by Gasteiger charge is 2.56. The molecule has 4 atom stereocenters. The van der Waals surface area contributed by atoms with Gasteiger partial charge in [-0.2, -0.15) is 5.06 Å². The number of amides is 2. The number of hydrogen-bond acceptors (Lipinski definition) is 6. The SMILES string of the molecule is CC1C[C@]2(CC[C@H](CF)N3C[C@H]2n2cc(C(N)=O)c(=O)c(OCc4ccccc4)c2C3=O)ON1Cc1c(F)cc(F)cc1F. The van der Waals surface area contributed by atoms with Crippen molar-refractivity contribution < 1.29 is 36.7 Å². The molecule has 0 radical (unpaired) electrons. The van der Waals surface area contributed by atoms with E-state index in [0.717, 1.165) is 0 Å². The lowest BCUT2D eigenvalue weighted by Crippen LogP contribution is -2.53. The summed E-state index contributed by atoms with van der Waals surface area (Å²) in [6, 6.07) is 8.03. The lowest BCUT2D eigenvalue weighted by Gasteiger charge is -2.43. The average molecular weight is 615 g/mol. The molecule has 1 unspecified atom stereocenters. The molecule has 2 bridgehead atoms. The summed E-state index contributed by atoms with van der Waals surface area (Å²) < 4.78 is 64.5. The Labute approximate surface area is 249 Å². The van der Waals surface area contributed by atoms with Crippen molar-refractivity contribution >= 4 is 11.8 Å². The quantitative estimate of drug-likeness (QED) is 0.403. The van der Waals surface area contributed by atoms with E-state index >= 15 is 0 Å². The number of hydrogen-bond donors (Lipinski definition) is 1. The van der Waals surface area contributed by atoms with Crippen LogP contribution in [0, 0.1) is 17.5 Å². The van der Waals surface area contributed by atoms with Crippen molar-refractivity contribution in [3.8, 4) is 5.75 Å². The van der Waals surface area contributed by atoms with Crippen molar-refractivity contribution in [3.05, 3.63) is 98.7 Å². The molecule has 6 rings (SSSR count). The number of carbonyl (C=O) groups is 2. The van der Waals surface area contributed by atoms with Crippen molar-refractivity contribution in [2.24, 2.45) is 5.73 Å². The van der Waals surface area contributed by atoms with Crippen LogP contribution in [0.4, 0.5) is 17.6 Å². The molecule has 2 fully saturated rings. The van der Waals surface area contributed by atoms with Crippen molar-refractivity contribution in [1.29, 1.82) is 0 Å².